The van der Waals surface area contributed by atoms with Gasteiger partial charge in [0.15, 0.2) is 5.82 Å². The minimum Gasteiger partial charge on any atom is -0.321 e. The predicted octanol–water partition coefficient (Wildman–Crippen LogP) is 4.70. The van der Waals surface area contributed by atoms with E-state index in [1.165, 1.54) is 22.1 Å². The molecule has 0 saturated heterocycles. The number of carbonyl (C=O) groups is 1. The lowest BCUT2D eigenvalue weighted by molar-refractivity contribution is 0.103. The van der Waals surface area contributed by atoms with Crippen LogP contribution in [0.5, 0.6) is 0 Å². The van der Waals surface area contributed by atoms with E-state index in [0.717, 1.165) is 10.6 Å². The fourth-order valence-corrected chi connectivity index (χ4v) is 3.65. The van der Waals surface area contributed by atoms with E-state index in [1.54, 1.807) is 37.5 Å². The Kier molecular flexibility index (Phi) is 4.52. The SMILES string of the molecule is Cc1nc(-c2ccccc2)sc1C(=O)Nc1ccc(-n2cccn2)c(F)c1. The predicted molar refractivity (Wildman–Crippen MR) is 104 cm³/mol. The average molecular weight is 378 g/mol. The third kappa shape index (κ3) is 3.50. The van der Waals surface area contributed by atoms with Crippen molar-refractivity contribution in [3.8, 4) is 16.3 Å². The van der Waals surface area contributed by atoms with E-state index in [-0.39, 0.29) is 5.91 Å². The fraction of sp³-hybridized carbons (Fsp3) is 0.0500. The van der Waals surface area contributed by atoms with Gasteiger partial charge in [-0.25, -0.2) is 14.1 Å². The molecule has 1 N–H and O–H groups in total. The van der Waals surface area contributed by atoms with Crippen LogP contribution in [0, 0.1) is 12.7 Å². The van der Waals surface area contributed by atoms with Crippen molar-refractivity contribution in [3.63, 3.8) is 0 Å². The fourth-order valence-electron chi connectivity index (χ4n) is 2.68. The first-order valence-corrected chi connectivity index (χ1v) is 9.07. The highest BCUT2D eigenvalue weighted by molar-refractivity contribution is 7.17. The van der Waals surface area contributed by atoms with Crippen molar-refractivity contribution in [3.05, 3.63) is 83.4 Å². The molecule has 0 atom stereocenters. The number of carbonyl (C=O) groups excluding carboxylic acids is 1. The van der Waals surface area contributed by atoms with Gasteiger partial charge in [0, 0.05) is 23.6 Å². The number of nitrogens with one attached hydrogen (secondary N) is 1. The Balaban J connectivity index is 1.56. The van der Waals surface area contributed by atoms with Crippen molar-refractivity contribution in [1.29, 1.82) is 0 Å². The number of benzene rings is 2. The molecule has 5 nitrogen and oxygen atoms in total. The molecular formula is C20H15FN4OS. The third-order valence-electron chi connectivity index (χ3n) is 3.98. The molecule has 4 aromatic rings. The molecule has 2 aromatic carbocycles. The van der Waals surface area contributed by atoms with Crippen molar-refractivity contribution >= 4 is 22.9 Å². The molecule has 2 aromatic heterocycles. The van der Waals surface area contributed by atoms with Crippen molar-refractivity contribution < 1.29 is 9.18 Å². The lowest BCUT2D eigenvalue weighted by atomic mass is 10.2. The molecule has 0 saturated carbocycles. The van der Waals surface area contributed by atoms with E-state index in [1.807, 2.05) is 30.3 Å². The zero-order valence-corrected chi connectivity index (χ0v) is 15.2. The van der Waals surface area contributed by atoms with Crippen LogP contribution in [0.15, 0.2) is 67.0 Å². The summed E-state index contributed by atoms with van der Waals surface area (Å²) in [7, 11) is 0. The second kappa shape index (κ2) is 7.13. The van der Waals surface area contributed by atoms with Gasteiger partial charge in [0.25, 0.3) is 5.91 Å². The highest BCUT2D eigenvalue weighted by Crippen LogP contribution is 2.28. The molecule has 27 heavy (non-hydrogen) atoms. The summed E-state index contributed by atoms with van der Waals surface area (Å²) < 4.78 is 15.8. The van der Waals surface area contributed by atoms with Crippen LogP contribution in [0.3, 0.4) is 0 Å². The maximum Gasteiger partial charge on any atom is 0.267 e. The summed E-state index contributed by atoms with van der Waals surface area (Å²) in [4.78, 5) is 17.6. The zero-order valence-electron chi connectivity index (χ0n) is 14.4. The van der Waals surface area contributed by atoms with E-state index < -0.39 is 5.82 Å². The van der Waals surface area contributed by atoms with Gasteiger partial charge in [-0.2, -0.15) is 5.10 Å². The smallest absolute Gasteiger partial charge is 0.267 e. The summed E-state index contributed by atoms with van der Waals surface area (Å²) in [5.74, 6) is -0.777. The minimum atomic E-state index is -0.470. The van der Waals surface area contributed by atoms with Crippen LogP contribution >= 0.6 is 11.3 Å². The van der Waals surface area contributed by atoms with Crippen molar-refractivity contribution in [1.82, 2.24) is 14.8 Å². The van der Waals surface area contributed by atoms with Gasteiger partial charge in [0.2, 0.25) is 0 Å². The van der Waals surface area contributed by atoms with Gasteiger partial charge in [-0.3, -0.25) is 4.79 Å². The summed E-state index contributed by atoms with van der Waals surface area (Å²) in [6, 6.07) is 15.9. The number of nitrogens with zero attached hydrogens (tertiary/aromatic N) is 3. The summed E-state index contributed by atoms with van der Waals surface area (Å²) in [6.45, 7) is 1.79. The molecule has 0 bridgehead atoms. The molecule has 7 heteroatoms. The molecule has 0 unspecified atom stereocenters. The second-order valence-electron chi connectivity index (χ2n) is 5.87. The molecule has 0 radical (unpaired) electrons. The van der Waals surface area contributed by atoms with Crippen LogP contribution in [-0.2, 0) is 0 Å². The summed E-state index contributed by atoms with van der Waals surface area (Å²) in [5, 5.41) is 7.53. The van der Waals surface area contributed by atoms with Crippen LogP contribution in [0.2, 0.25) is 0 Å². The Morgan fingerprint density at radius 3 is 2.67 bits per heavy atom. The molecule has 4 rings (SSSR count). The molecule has 134 valence electrons. The number of hydrogen-bond donors (Lipinski definition) is 1. The molecule has 0 spiro atoms. The maximum absolute atomic E-state index is 14.3. The first-order chi connectivity index (χ1) is 13.1. The van der Waals surface area contributed by atoms with E-state index in [2.05, 4.69) is 15.4 Å². The van der Waals surface area contributed by atoms with E-state index in [0.29, 0.717) is 21.9 Å². The first-order valence-electron chi connectivity index (χ1n) is 8.25. The van der Waals surface area contributed by atoms with Gasteiger partial charge < -0.3 is 5.32 Å². The quantitative estimate of drug-likeness (QED) is 0.560. The van der Waals surface area contributed by atoms with Crippen LogP contribution in [-0.4, -0.2) is 20.7 Å². The molecule has 0 aliphatic rings. The zero-order chi connectivity index (χ0) is 18.8. The topological polar surface area (TPSA) is 59.8 Å². The number of aryl methyl sites for hydroxylation is 1. The summed E-state index contributed by atoms with van der Waals surface area (Å²) in [5.41, 5.74) is 2.30. The molecule has 0 aliphatic heterocycles. The minimum absolute atomic E-state index is 0.307. The van der Waals surface area contributed by atoms with Gasteiger partial charge in [0.1, 0.15) is 15.6 Å². The lowest BCUT2D eigenvalue weighted by Crippen LogP contribution is -2.12. The molecule has 0 aliphatic carbocycles. The largest absolute Gasteiger partial charge is 0.321 e. The Hall–Kier alpha value is -3.32. The molecule has 1 amide bonds. The number of anilines is 1. The van der Waals surface area contributed by atoms with Crippen LogP contribution in [0.25, 0.3) is 16.3 Å². The van der Waals surface area contributed by atoms with E-state index in [4.69, 9.17) is 0 Å². The number of halogens is 1. The van der Waals surface area contributed by atoms with Crippen LogP contribution in [0.1, 0.15) is 15.4 Å². The van der Waals surface area contributed by atoms with Crippen molar-refractivity contribution in [2.24, 2.45) is 0 Å². The number of hydrogen-bond acceptors (Lipinski definition) is 4. The summed E-state index contributed by atoms with van der Waals surface area (Å²) >= 11 is 1.31. The summed E-state index contributed by atoms with van der Waals surface area (Å²) in [6.07, 6.45) is 3.23. The van der Waals surface area contributed by atoms with Crippen LogP contribution < -0.4 is 5.32 Å². The van der Waals surface area contributed by atoms with Gasteiger partial charge in [-0.1, -0.05) is 30.3 Å². The van der Waals surface area contributed by atoms with Gasteiger partial charge in [0.05, 0.1) is 5.69 Å². The lowest BCUT2D eigenvalue weighted by Gasteiger charge is -2.07. The van der Waals surface area contributed by atoms with Crippen molar-refractivity contribution in [2.75, 3.05) is 5.32 Å². The van der Waals surface area contributed by atoms with Gasteiger partial charge in [-0.15, -0.1) is 11.3 Å². The molecule has 0 fully saturated rings. The second-order valence-corrected chi connectivity index (χ2v) is 6.87. The Morgan fingerprint density at radius 1 is 1.15 bits per heavy atom. The number of amides is 1. The highest BCUT2D eigenvalue weighted by Gasteiger charge is 2.17. The van der Waals surface area contributed by atoms with Crippen LogP contribution in [0.4, 0.5) is 10.1 Å². The Labute approximate surface area is 159 Å². The van der Waals surface area contributed by atoms with Gasteiger partial charge in [-0.05, 0) is 31.2 Å². The normalized spacial score (nSPS) is 10.7. The monoisotopic (exact) mass is 378 g/mol. The number of thiazole rings is 1. The number of rotatable bonds is 4. The maximum atomic E-state index is 14.3. The molecule has 2 heterocycles. The van der Waals surface area contributed by atoms with E-state index in [9.17, 15) is 9.18 Å². The highest BCUT2D eigenvalue weighted by atomic mass is 32.1. The number of aromatic nitrogens is 3. The Bertz CT molecular complexity index is 1090. The molecular weight excluding hydrogens is 363 g/mol. The van der Waals surface area contributed by atoms with Crippen molar-refractivity contribution in [2.45, 2.75) is 6.92 Å². The van der Waals surface area contributed by atoms with E-state index >= 15 is 0 Å². The standard InChI is InChI=1S/C20H15FN4OS/c1-13-18(27-20(23-13)14-6-3-2-4-7-14)19(26)24-15-8-9-17(16(21)12-15)25-11-5-10-22-25/h2-12H,1H3,(H,24,26). The first kappa shape index (κ1) is 17.1. The van der Waals surface area contributed by atoms with Gasteiger partial charge >= 0.3 is 0 Å². The third-order valence-corrected chi connectivity index (χ3v) is 5.19. The Morgan fingerprint density at radius 2 is 1.96 bits per heavy atom. The average Bonchev–Trinajstić information content (AvgIpc) is 3.32.